The molecule has 0 fully saturated rings. The smallest absolute Gasteiger partial charge is 0.313 e. The number of benzene rings is 1. The molecule has 0 aliphatic rings. The quantitative estimate of drug-likeness (QED) is 0.730. The number of nitrogens with zero attached hydrogens (tertiary/aromatic N) is 1. The fourth-order valence-electron chi connectivity index (χ4n) is 2.38. The van der Waals surface area contributed by atoms with E-state index in [1.54, 1.807) is 0 Å². The molecule has 0 aliphatic heterocycles. The van der Waals surface area contributed by atoms with Gasteiger partial charge in [0.2, 0.25) is 5.91 Å². The number of fused-ring (bicyclic) bond motifs is 1. The summed E-state index contributed by atoms with van der Waals surface area (Å²) in [5, 5.41) is 12.5. The van der Waals surface area contributed by atoms with Crippen molar-refractivity contribution in [3.63, 3.8) is 0 Å². The van der Waals surface area contributed by atoms with E-state index in [9.17, 15) is 9.59 Å². The molecule has 22 heavy (non-hydrogen) atoms. The molecule has 2 N–H and O–H groups in total. The van der Waals surface area contributed by atoms with E-state index in [2.05, 4.69) is 28.2 Å². The van der Waals surface area contributed by atoms with Crippen LogP contribution in [0.15, 0.2) is 30.5 Å². The van der Waals surface area contributed by atoms with Gasteiger partial charge in [0, 0.05) is 42.9 Å². The van der Waals surface area contributed by atoms with Crippen molar-refractivity contribution in [2.24, 2.45) is 7.05 Å². The minimum absolute atomic E-state index is 0.00357. The number of carbonyl (C=O) groups is 2. The van der Waals surface area contributed by atoms with Crippen molar-refractivity contribution in [3.8, 4) is 0 Å². The highest BCUT2D eigenvalue weighted by Crippen LogP contribution is 2.21. The summed E-state index contributed by atoms with van der Waals surface area (Å²) in [6.07, 6.45) is 3.22. The largest absolute Gasteiger partial charge is 0.481 e. The highest BCUT2D eigenvalue weighted by Gasteiger charge is 2.08. The molecular formula is C16H20N2O3S. The number of aliphatic carboxylic acids is 1. The van der Waals surface area contributed by atoms with Crippen molar-refractivity contribution in [3.05, 3.63) is 36.0 Å². The summed E-state index contributed by atoms with van der Waals surface area (Å²) in [4.78, 5) is 22.2. The number of thioether (sulfide) groups is 1. The van der Waals surface area contributed by atoms with E-state index in [1.807, 2.05) is 19.2 Å². The summed E-state index contributed by atoms with van der Waals surface area (Å²) in [7, 11) is 2.01. The predicted molar refractivity (Wildman–Crippen MR) is 89.2 cm³/mol. The Hall–Kier alpha value is -1.95. The number of carboxylic acids is 1. The van der Waals surface area contributed by atoms with E-state index in [0.29, 0.717) is 25.1 Å². The van der Waals surface area contributed by atoms with Gasteiger partial charge in [-0.25, -0.2) is 0 Å². The zero-order chi connectivity index (χ0) is 15.9. The van der Waals surface area contributed by atoms with Crippen molar-refractivity contribution in [2.75, 3.05) is 18.1 Å². The molecule has 1 amide bonds. The number of carboxylic acid groups (broad SMARTS) is 1. The van der Waals surface area contributed by atoms with Crippen LogP contribution in [0.1, 0.15) is 12.0 Å². The summed E-state index contributed by atoms with van der Waals surface area (Å²) >= 11 is 1.31. The van der Waals surface area contributed by atoms with Gasteiger partial charge in [-0.05, 0) is 18.1 Å². The number of rotatable bonds is 8. The molecule has 2 rings (SSSR count). The molecule has 5 nitrogen and oxygen atoms in total. The van der Waals surface area contributed by atoms with Crippen LogP contribution in [0.2, 0.25) is 0 Å². The standard InChI is InChI=1S/C16H20N2O3S/c1-18-10-12(13-4-2-3-5-14(13)18)6-7-15(19)17-8-9-22-11-16(20)21/h2-5,10H,6-9,11H2,1H3,(H,17,19)(H,20,21). The van der Waals surface area contributed by atoms with Crippen LogP contribution in [0, 0.1) is 0 Å². The summed E-state index contributed by atoms with van der Waals surface area (Å²) in [6.45, 7) is 0.506. The van der Waals surface area contributed by atoms with Gasteiger partial charge in [0.15, 0.2) is 0 Å². The van der Waals surface area contributed by atoms with Crippen LogP contribution in [0.4, 0.5) is 0 Å². The summed E-state index contributed by atoms with van der Waals surface area (Å²) in [6, 6.07) is 8.16. The molecule has 0 bridgehead atoms. The van der Waals surface area contributed by atoms with Crippen LogP contribution in [-0.4, -0.2) is 39.6 Å². The second kappa shape index (κ2) is 7.89. The molecule has 0 atom stereocenters. The second-order valence-electron chi connectivity index (χ2n) is 5.08. The van der Waals surface area contributed by atoms with E-state index >= 15 is 0 Å². The molecule has 1 heterocycles. The van der Waals surface area contributed by atoms with E-state index in [4.69, 9.17) is 5.11 Å². The first-order valence-corrected chi connectivity index (χ1v) is 8.32. The van der Waals surface area contributed by atoms with E-state index in [0.717, 1.165) is 0 Å². The van der Waals surface area contributed by atoms with Crippen molar-refractivity contribution in [2.45, 2.75) is 12.8 Å². The van der Waals surface area contributed by atoms with E-state index < -0.39 is 5.97 Å². The van der Waals surface area contributed by atoms with Gasteiger partial charge in [-0.2, -0.15) is 0 Å². The third kappa shape index (κ3) is 4.53. The van der Waals surface area contributed by atoms with Crippen molar-refractivity contribution >= 4 is 34.5 Å². The lowest BCUT2D eigenvalue weighted by molar-refractivity contribution is -0.133. The fourth-order valence-corrected chi connectivity index (χ4v) is 2.95. The Morgan fingerprint density at radius 3 is 2.86 bits per heavy atom. The Morgan fingerprint density at radius 1 is 1.32 bits per heavy atom. The fraction of sp³-hybridized carbons (Fsp3) is 0.375. The van der Waals surface area contributed by atoms with Crippen LogP contribution in [-0.2, 0) is 23.1 Å². The lowest BCUT2D eigenvalue weighted by atomic mass is 10.1. The minimum atomic E-state index is -0.827. The number of nitrogens with one attached hydrogen (secondary N) is 1. The van der Waals surface area contributed by atoms with Crippen molar-refractivity contribution in [1.82, 2.24) is 9.88 Å². The first-order valence-electron chi connectivity index (χ1n) is 7.17. The van der Waals surface area contributed by atoms with Gasteiger partial charge in [0.25, 0.3) is 0 Å². The maximum absolute atomic E-state index is 11.8. The van der Waals surface area contributed by atoms with Gasteiger partial charge in [-0.1, -0.05) is 18.2 Å². The third-order valence-electron chi connectivity index (χ3n) is 3.39. The van der Waals surface area contributed by atoms with E-state index in [1.165, 1.54) is 28.2 Å². The van der Waals surface area contributed by atoms with Crippen molar-refractivity contribution < 1.29 is 14.7 Å². The predicted octanol–water partition coefficient (Wildman–Crippen LogP) is 2.04. The van der Waals surface area contributed by atoms with Crippen LogP contribution < -0.4 is 5.32 Å². The third-order valence-corrected chi connectivity index (χ3v) is 4.34. The topological polar surface area (TPSA) is 71.3 Å². The van der Waals surface area contributed by atoms with E-state index in [-0.39, 0.29) is 11.7 Å². The number of aryl methyl sites for hydroxylation is 2. The Morgan fingerprint density at radius 2 is 2.09 bits per heavy atom. The number of hydrogen-bond acceptors (Lipinski definition) is 3. The Kier molecular flexibility index (Phi) is 5.89. The van der Waals surface area contributed by atoms with Gasteiger partial charge < -0.3 is 15.0 Å². The van der Waals surface area contributed by atoms with Crippen LogP contribution in [0.5, 0.6) is 0 Å². The number of para-hydroxylation sites is 1. The molecule has 0 aliphatic carbocycles. The number of carbonyl (C=O) groups excluding carboxylic acids is 1. The monoisotopic (exact) mass is 320 g/mol. The Labute approximate surface area is 133 Å². The van der Waals surface area contributed by atoms with Gasteiger partial charge in [0.1, 0.15) is 0 Å². The van der Waals surface area contributed by atoms with Crippen molar-refractivity contribution in [1.29, 1.82) is 0 Å². The molecule has 1 aromatic heterocycles. The second-order valence-corrected chi connectivity index (χ2v) is 6.18. The summed E-state index contributed by atoms with van der Waals surface area (Å²) in [5.74, 6) is -0.130. The molecule has 0 saturated heterocycles. The number of hydrogen-bond donors (Lipinski definition) is 2. The summed E-state index contributed by atoms with van der Waals surface area (Å²) in [5.41, 5.74) is 2.34. The normalized spacial score (nSPS) is 10.8. The summed E-state index contributed by atoms with van der Waals surface area (Å²) < 4.78 is 2.07. The molecule has 2 aromatic rings. The Bertz CT molecular complexity index is 666. The van der Waals surface area contributed by atoms with Gasteiger partial charge in [-0.15, -0.1) is 11.8 Å². The van der Waals surface area contributed by atoms with Crippen LogP contribution >= 0.6 is 11.8 Å². The zero-order valence-corrected chi connectivity index (χ0v) is 13.4. The first-order chi connectivity index (χ1) is 10.6. The SMILES string of the molecule is Cn1cc(CCC(=O)NCCSCC(=O)O)c2ccccc21. The maximum Gasteiger partial charge on any atom is 0.313 e. The van der Waals surface area contributed by atoms with Gasteiger partial charge in [0.05, 0.1) is 5.75 Å². The zero-order valence-electron chi connectivity index (χ0n) is 12.5. The molecule has 118 valence electrons. The molecule has 0 saturated carbocycles. The highest BCUT2D eigenvalue weighted by atomic mass is 32.2. The first kappa shape index (κ1) is 16.4. The molecule has 6 heteroatoms. The van der Waals surface area contributed by atoms with Gasteiger partial charge >= 0.3 is 5.97 Å². The average molecular weight is 320 g/mol. The molecule has 0 unspecified atom stereocenters. The highest BCUT2D eigenvalue weighted by molar-refractivity contribution is 7.99. The molecule has 0 radical (unpaired) electrons. The van der Waals surface area contributed by atoms with Crippen LogP contribution in [0.25, 0.3) is 10.9 Å². The number of aromatic nitrogens is 1. The molecular weight excluding hydrogens is 300 g/mol. The number of amides is 1. The minimum Gasteiger partial charge on any atom is -0.481 e. The molecule has 0 spiro atoms. The van der Waals surface area contributed by atoms with Crippen LogP contribution in [0.3, 0.4) is 0 Å². The lowest BCUT2D eigenvalue weighted by Gasteiger charge is -2.04. The maximum atomic E-state index is 11.8. The Balaban J connectivity index is 1.77. The van der Waals surface area contributed by atoms with Gasteiger partial charge in [-0.3, -0.25) is 9.59 Å². The average Bonchev–Trinajstić information content (AvgIpc) is 2.81. The molecule has 1 aromatic carbocycles. The lowest BCUT2D eigenvalue weighted by Crippen LogP contribution is -2.26.